The van der Waals surface area contributed by atoms with Gasteiger partial charge < -0.3 is 15.5 Å². The first-order chi connectivity index (χ1) is 9.29. The summed E-state index contributed by atoms with van der Waals surface area (Å²) in [5.74, 6) is 0.662. The monoisotopic (exact) mass is 313 g/mol. The van der Waals surface area contributed by atoms with E-state index in [0.717, 1.165) is 36.2 Å². The van der Waals surface area contributed by atoms with Crippen molar-refractivity contribution in [3.8, 4) is 0 Å². The lowest BCUT2D eigenvalue weighted by Gasteiger charge is -2.35. The van der Waals surface area contributed by atoms with Gasteiger partial charge in [0.2, 0.25) is 0 Å². The Labute approximate surface area is 124 Å². The highest BCUT2D eigenvalue weighted by atomic mass is 32.2. The molecule has 0 radical (unpaired) electrons. The van der Waals surface area contributed by atoms with E-state index < -0.39 is 0 Å². The van der Waals surface area contributed by atoms with E-state index in [9.17, 15) is 0 Å². The fourth-order valence-corrected chi connectivity index (χ4v) is 4.59. The predicted octanol–water partition coefficient (Wildman–Crippen LogP) is 2.23. The second-order valence-corrected chi connectivity index (χ2v) is 6.64. The Hall–Kier alpha value is -0.990. The van der Waals surface area contributed by atoms with Crippen molar-refractivity contribution >= 4 is 50.6 Å². The third-order valence-corrected chi connectivity index (χ3v) is 5.81. The third-order valence-electron chi connectivity index (χ3n) is 3.12. The van der Waals surface area contributed by atoms with Crippen LogP contribution in [0.2, 0.25) is 0 Å². The van der Waals surface area contributed by atoms with Gasteiger partial charge in [-0.25, -0.2) is 4.98 Å². The number of thioether (sulfide) groups is 1. The first-order valence-electron chi connectivity index (χ1n) is 5.98. The van der Waals surface area contributed by atoms with Gasteiger partial charge in [-0.3, -0.25) is 0 Å². The molecule has 0 aromatic carbocycles. The van der Waals surface area contributed by atoms with Crippen molar-refractivity contribution in [3.05, 3.63) is 11.6 Å². The normalized spacial score (nSPS) is 16.1. The molecule has 0 bridgehead atoms. The summed E-state index contributed by atoms with van der Waals surface area (Å²) >= 11 is 4.88. The number of piperazine rings is 1. The van der Waals surface area contributed by atoms with Crippen molar-refractivity contribution in [3.63, 3.8) is 0 Å². The fourth-order valence-electron chi connectivity index (χ4n) is 2.15. The summed E-state index contributed by atoms with van der Waals surface area (Å²) in [4.78, 5) is 10.2. The molecule has 2 N–H and O–H groups in total. The molecule has 19 heavy (non-hydrogen) atoms. The molecule has 1 fully saturated rings. The maximum atomic E-state index is 5.90. The molecule has 0 atom stereocenters. The molecular formula is C11H15N5S3. The zero-order valence-electron chi connectivity index (χ0n) is 10.6. The number of hydrogen-bond donors (Lipinski definition) is 1. The van der Waals surface area contributed by atoms with Crippen LogP contribution in [0, 0.1) is 0 Å². The number of nitrogens with two attached hydrogens (primary N) is 1. The number of nitrogen functional groups attached to an aromatic ring is 1. The van der Waals surface area contributed by atoms with E-state index >= 15 is 0 Å². The zero-order chi connectivity index (χ0) is 13.2. The topological polar surface area (TPSA) is 58.3 Å². The van der Waals surface area contributed by atoms with Crippen LogP contribution in [-0.4, -0.2) is 41.8 Å². The lowest BCUT2D eigenvalue weighted by molar-refractivity contribution is 0.653. The molecule has 8 heteroatoms. The van der Waals surface area contributed by atoms with E-state index in [4.69, 9.17) is 5.73 Å². The van der Waals surface area contributed by atoms with E-state index in [1.54, 1.807) is 23.1 Å². The second-order valence-electron chi connectivity index (χ2n) is 4.19. The summed E-state index contributed by atoms with van der Waals surface area (Å²) in [7, 11) is 0. The van der Waals surface area contributed by atoms with Crippen LogP contribution in [0.15, 0.2) is 16.5 Å². The Balaban J connectivity index is 1.70. The van der Waals surface area contributed by atoms with E-state index in [1.807, 2.05) is 11.6 Å². The summed E-state index contributed by atoms with van der Waals surface area (Å²) < 4.78 is 4.26. The molecule has 1 aliphatic rings. The van der Waals surface area contributed by atoms with Gasteiger partial charge in [0.15, 0.2) is 10.9 Å². The summed E-state index contributed by atoms with van der Waals surface area (Å²) in [6.07, 6.45) is 3.91. The third kappa shape index (κ3) is 2.52. The molecule has 2 aromatic heterocycles. The number of aromatic nitrogens is 2. The van der Waals surface area contributed by atoms with Crippen LogP contribution in [-0.2, 0) is 0 Å². The largest absolute Gasteiger partial charge is 0.382 e. The average molecular weight is 313 g/mol. The minimum atomic E-state index is 0.662. The highest BCUT2D eigenvalue weighted by Gasteiger charge is 2.23. The first-order valence-corrected chi connectivity index (χ1v) is 8.86. The van der Waals surface area contributed by atoms with Crippen molar-refractivity contribution in [1.29, 1.82) is 0 Å². The maximum Gasteiger partial charge on any atom is 0.185 e. The first kappa shape index (κ1) is 13.0. The fraction of sp³-hybridized carbons (Fsp3) is 0.455. The van der Waals surface area contributed by atoms with Crippen molar-refractivity contribution < 1.29 is 0 Å². The molecule has 5 nitrogen and oxygen atoms in total. The van der Waals surface area contributed by atoms with E-state index in [2.05, 4.69) is 25.4 Å². The summed E-state index contributed by atoms with van der Waals surface area (Å²) in [6.45, 7) is 3.99. The van der Waals surface area contributed by atoms with Gasteiger partial charge in [0.25, 0.3) is 0 Å². The molecule has 0 spiro atoms. The molecule has 0 amide bonds. The Morgan fingerprint density at radius 3 is 2.63 bits per heavy atom. The van der Waals surface area contributed by atoms with Gasteiger partial charge in [0, 0.05) is 37.8 Å². The quantitative estimate of drug-likeness (QED) is 0.877. The Bertz CT molecular complexity index is 531. The molecule has 0 aliphatic carbocycles. The van der Waals surface area contributed by atoms with Gasteiger partial charge in [-0.2, -0.15) is 4.37 Å². The standard InChI is InChI=1S/C11H15N5S3/c1-17-8-9(12)14-19-10(8)15-3-5-16(6-4-15)11-13-2-7-18-11/h2,7H,3-6H2,1H3,(H2,12,14). The predicted molar refractivity (Wildman–Crippen MR) is 84.8 cm³/mol. The molecule has 2 aromatic rings. The van der Waals surface area contributed by atoms with Gasteiger partial charge in [-0.1, -0.05) is 0 Å². The van der Waals surface area contributed by atoms with E-state index in [-0.39, 0.29) is 0 Å². The lowest BCUT2D eigenvalue weighted by atomic mass is 10.3. The van der Waals surface area contributed by atoms with Crippen LogP contribution in [0.1, 0.15) is 0 Å². The zero-order valence-corrected chi connectivity index (χ0v) is 13.0. The van der Waals surface area contributed by atoms with Crippen molar-refractivity contribution in [1.82, 2.24) is 9.36 Å². The Kier molecular flexibility index (Phi) is 3.81. The van der Waals surface area contributed by atoms with Gasteiger partial charge in [-0.15, -0.1) is 23.1 Å². The Morgan fingerprint density at radius 1 is 1.26 bits per heavy atom. The average Bonchev–Trinajstić information content (AvgIpc) is 3.08. The molecule has 3 rings (SSSR count). The SMILES string of the molecule is CSc1c(N)nsc1N1CCN(c2nccs2)CC1. The number of hydrogen-bond acceptors (Lipinski definition) is 8. The van der Waals surface area contributed by atoms with Crippen LogP contribution < -0.4 is 15.5 Å². The number of thiazole rings is 1. The van der Waals surface area contributed by atoms with E-state index in [0.29, 0.717) is 5.82 Å². The number of nitrogens with zero attached hydrogens (tertiary/aromatic N) is 4. The highest BCUT2D eigenvalue weighted by Crippen LogP contribution is 2.38. The maximum absolute atomic E-state index is 5.90. The van der Waals surface area contributed by atoms with Gasteiger partial charge in [-0.05, 0) is 17.8 Å². The Morgan fingerprint density at radius 2 is 2.00 bits per heavy atom. The number of rotatable bonds is 3. The van der Waals surface area contributed by atoms with Crippen LogP contribution in [0.5, 0.6) is 0 Å². The van der Waals surface area contributed by atoms with Gasteiger partial charge >= 0.3 is 0 Å². The molecular weight excluding hydrogens is 298 g/mol. The molecule has 1 aliphatic heterocycles. The van der Waals surface area contributed by atoms with Crippen LogP contribution in [0.25, 0.3) is 0 Å². The van der Waals surface area contributed by atoms with Gasteiger partial charge in [0.05, 0.1) is 4.90 Å². The molecule has 3 heterocycles. The number of anilines is 3. The lowest BCUT2D eigenvalue weighted by Crippen LogP contribution is -2.46. The molecule has 1 saturated heterocycles. The highest BCUT2D eigenvalue weighted by molar-refractivity contribution is 7.99. The minimum Gasteiger partial charge on any atom is -0.382 e. The second kappa shape index (κ2) is 5.56. The smallest absolute Gasteiger partial charge is 0.185 e. The van der Waals surface area contributed by atoms with E-state index in [1.165, 1.54) is 16.5 Å². The molecule has 0 unspecified atom stereocenters. The van der Waals surface area contributed by atoms with Crippen LogP contribution >= 0.6 is 34.6 Å². The summed E-state index contributed by atoms with van der Waals surface area (Å²) in [5, 5.41) is 4.36. The van der Waals surface area contributed by atoms with Crippen molar-refractivity contribution in [2.45, 2.75) is 4.90 Å². The van der Waals surface area contributed by atoms with Crippen LogP contribution in [0.3, 0.4) is 0 Å². The summed E-state index contributed by atoms with van der Waals surface area (Å²) in [6, 6.07) is 0. The van der Waals surface area contributed by atoms with Crippen molar-refractivity contribution in [2.24, 2.45) is 0 Å². The molecule has 102 valence electrons. The van der Waals surface area contributed by atoms with Crippen LogP contribution in [0.4, 0.5) is 16.0 Å². The molecule has 0 saturated carbocycles. The summed E-state index contributed by atoms with van der Waals surface area (Å²) in [5.41, 5.74) is 5.90. The van der Waals surface area contributed by atoms with Gasteiger partial charge in [0.1, 0.15) is 5.00 Å². The van der Waals surface area contributed by atoms with Crippen molar-refractivity contribution in [2.75, 3.05) is 48.0 Å². The minimum absolute atomic E-state index is 0.662.